The number of amides is 2. The summed E-state index contributed by atoms with van der Waals surface area (Å²) >= 11 is 0. The van der Waals surface area contributed by atoms with Gasteiger partial charge in [-0.25, -0.2) is 0 Å². The van der Waals surface area contributed by atoms with Crippen molar-refractivity contribution in [1.82, 2.24) is 10.2 Å². The van der Waals surface area contributed by atoms with Crippen LogP contribution in [0, 0.1) is 28.7 Å². The third-order valence-electron chi connectivity index (χ3n) is 4.38. The molecule has 1 aliphatic carbocycles. The van der Waals surface area contributed by atoms with E-state index in [2.05, 4.69) is 11.4 Å². The average Bonchev–Trinajstić information content (AvgIpc) is 2.61. The summed E-state index contributed by atoms with van der Waals surface area (Å²) in [6.07, 6.45) is 5.42. The van der Waals surface area contributed by atoms with Crippen molar-refractivity contribution < 1.29 is 9.59 Å². The first-order chi connectivity index (χ1) is 11.6. The van der Waals surface area contributed by atoms with Crippen LogP contribution in [0.25, 0.3) is 0 Å². The summed E-state index contributed by atoms with van der Waals surface area (Å²) < 4.78 is 0. The van der Waals surface area contributed by atoms with E-state index >= 15 is 0 Å². The number of carbonyl (C=O) groups excluding carboxylic acids is 2. The number of hydrogen-bond donors (Lipinski definition) is 1. The number of hydrogen-bond acceptors (Lipinski definition) is 4. The molecule has 0 radical (unpaired) electrons. The van der Waals surface area contributed by atoms with Crippen molar-refractivity contribution in [3.63, 3.8) is 0 Å². The van der Waals surface area contributed by atoms with Gasteiger partial charge in [0.15, 0.2) is 6.19 Å². The fraction of sp³-hybridized carbons (Fsp3) is 0.444. The molecule has 0 unspecified atom stereocenters. The monoisotopic (exact) mass is 324 g/mol. The van der Waals surface area contributed by atoms with Gasteiger partial charge in [0.25, 0.3) is 5.91 Å². The Morgan fingerprint density at radius 1 is 1.21 bits per heavy atom. The Bertz CT molecular complexity index is 684. The number of nitrogens with zero attached hydrogens (tertiary/aromatic N) is 3. The van der Waals surface area contributed by atoms with Crippen molar-refractivity contribution in [2.75, 3.05) is 7.05 Å². The number of rotatable bonds is 4. The highest BCUT2D eigenvalue weighted by Gasteiger charge is 2.33. The van der Waals surface area contributed by atoms with Crippen molar-refractivity contribution in [2.45, 2.75) is 38.1 Å². The third kappa shape index (κ3) is 4.11. The SMILES string of the molecule is CN(C#N)C(=O)[C@@H]1CCCC[C@H]1NC(=O)c1ccc(CC#N)cc1. The Morgan fingerprint density at radius 3 is 2.50 bits per heavy atom. The van der Waals surface area contributed by atoms with E-state index in [9.17, 15) is 9.59 Å². The van der Waals surface area contributed by atoms with E-state index in [-0.39, 0.29) is 23.8 Å². The summed E-state index contributed by atoms with van der Waals surface area (Å²) in [7, 11) is 1.45. The first-order valence-corrected chi connectivity index (χ1v) is 8.01. The molecule has 2 amide bonds. The van der Waals surface area contributed by atoms with Crippen LogP contribution in [0.5, 0.6) is 0 Å². The first-order valence-electron chi connectivity index (χ1n) is 8.01. The molecule has 0 aliphatic heterocycles. The van der Waals surface area contributed by atoms with Crippen LogP contribution in [-0.2, 0) is 11.2 Å². The van der Waals surface area contributed by atoms with E-state index in [1.165, 1.54) is 7.05 Å². The lowest BCUT2D eigenvalue weighted by molar-refractivity contribution is -0.133. The van der Waals surface area contributed by atoms with Crippen molar-refractivity contribution >= 4 is 11.8 Å². The maximum atomic E-state index is 12.4. The maximum Gasteiger partial charge on any atom is 0.251 e. The van der Waals surface area contributed by atoms with Gasteiger partial charge in [0.2, 0.25) is 5.91 Å². The van der Waals surface area contributed by atoms with E-state index < -0.39 is 0 Å². The molecule has 1 saturated carbocycles. The molecule has 0 aromatic heterocycles. The van der Waals surface area contributed by atoms with Crippen LogP contribution >= 0.6 is 0 Å². The standard InChI is InChI=1S/C18H20N4O2/c1-22(12-20)18(24)15-4-2-3-5-16(15)21-17(23)14-8-6-13(7-9-14)10-11-19/h6-9,15-16H,2-5,10H2,1H3,(H,21,23)/t15-,16-/m1/s1. The molecular weight excluding hydrogens is 304 g/mol. The molecule has 124 valence electrons. The fourth-order valence-corrected chi connectivity index (χ4v) is 3.01. The van der Waals surface area contributed by atoms with E-state index in [1.54, 1.807) is 24.3 Å². The zero-order valence-electron chi connectivity index (χ0n) is 13.7. The maximum absolute atomic E-state index is 12.4. The van der Waals surface area contributed by atoms with Crippen LogP contribution in [-0.4, -0.2) is 29.8 Å². The summed E-state index contributed by atoms with van der Waals surface area (Å²) in [6.45, 7) is 0. The minimum atomic E-state index is -0.356. The fourth-order valence-electron chi connectivity index (χ4n) is 3.01. The van der Waals surface area contributed by atoms with Crippen LogP contribution in [0.2, 0.25) is 0 Å². The summed E-state index contributed by atoms with van der Waals surface area (Å²) in [6, 6.07) is 8.68. The van der Waals surface area contributed by atoms with Gasteiger partial charge >= 0.3 is 0 Å². The van der Waals surface area contributed by atoms with Crippen molar-refractivity contribution in [1.29, 1.82) is 10.5 Å². The Kier molecular flexibility index (Phi) is 5.92. The highest BCUT2D eigenvalue weighted by molar-refractivity contribution is 5.95. The minimum Gasteiger partial charge on any atom is -0.349 e. The predicted octanol–water partition coefficient (Wildman–Crippen LogP) is 1.98. The number of nitrogens with one attached hydrogen (secondary N) is 1. The van der Waals surface area contributed by atoms with Gasteiger partial charge in [-0.1, -0.05) is 25.0 Å². The molecule has 1 aliphatic rings. The molecule has 2 atom stereocenters. The van der Waals surface area contributed by atoms with Crippen molar-refractivity contribution in [2.24, 2.45) is 5.92 Å². The lowest BCUT2D eigenvalue weighted by Gasteiger charge is -2.32. The lowest BCUT2D eigenvalue weighted by atomic mass is 9.83. The molecule has 0 spiro atoms. The smallest absolute Gasteiger partial charge is 0.251 e. The molecule has 6 nitrogen and oxygen atoms in total. The topological polar surface area (TPSA) is 97.0 Å². The average molecular weight is 324 g/mol. The summed E-state index contributed by atoms with van der Waals surface area (Å²) in [4.78, 5) is 25.8. The van der Waals surface area contributed by atoms with Crippen LogP contribution in [0.3, 0.4) is 0 Å². The summed E-state index contributed by atoms with van der Waals surface area (Å²) in [5.41, 5.74) is 1.36. The van der Waals surface area contributed by atoms with E-state index in [0.29, 0.717) is 18.4 Å². The molecule has 1 aromatic rings. The van der Waals surface area contributed by atoms with Crippen molar-refractivity contribution in [3.8, 4) is 12.3 Å². The Hall–Kier alpha value is -2.86. The molecule has 1 fully saturated rings. The van der Waals surface area contributed by atoms with Gasteiger partial charge in [-0.2, -0.15) is 10.5 Å². The summed E-state index contributed by atoms with van der Waals surface area (Å²) in [5.74, 6) is -0.833. The van der Waals surface area contributed by atoms with Crippen LogP contribution < -0.4 is 5.32 Å². The van der Waals surface area contributed by atoms with Gasteiger partial charge in [0, 0.05) is 18.7 Å². The van der Waals surface area contributed by atoms with E-state index in [1.807, 2.05) is 6.19 Å². The lowest BCUT2D eigenvalue weighted by Crippen LogP contribution is -2.48. The molecule has 0 bridgehead atoms. The Balaban J connectivity index is 2.06. The minimum absolute atomic E-state index is 0.234. The van der Waals surface area contributed by atoms with Crippen LogP contribution in [0.4, 0.5) is 0 Å². The molecular formula is C18H20N4O2. The molecule has 6 heteroatoms. The molecule has 1 N–H and O–H groups in total. The van der Waals surface area contributed by atoms with Crippen LogP contribution in [0.15, 0.2) is 24.3 Å². The molecule has 2 rings (SSSR count). The van der Waals surface area contributed by atoms with Gasteiger partial charge < -0.3 is 5.32 Å². The second-order valence-electron chi connectivity index (χ2n) is 6.00. The zero-order chi connectivity index (χ0) is 17.5. The van der Waals surface area contributed by atoms with Crippen molar-refractivity contribution in [3.05, 3.63) is 35.4 Å². The number of nitriles is 2. The molecule has 24 heavy (non-hydrogen) atoms. The largest absolute Gasteiger partial charge is 0.349 e. The van der Waals surface area contributed by atoms with Gasteiger partial charge in [0.1, 0.15) is 0 Å². The quantitative estimate of drug-likeness (QED) is 0.676. The van der Waals surface area contributed by atoms with Gasteiger partial charge in [-0.15, -0.1) is 0 Å². The Labute approximate surface area is 141 Å². The normalized spacial score (nSPS) is 19.6. The molecule has 0 heterocycles. The highest BCUT2D eigenvalue weighted by Crippen LogP contribution is 2.26. The first kappa shape index (κ1) is 17.5. The van der Waals surface area contributed by atoms with Crippen LogP contribution in [0.1, 0.15) is 41.6 Å². The summed E-state index contributed by atoms with van der Waals surface area (Å²) in [5, 5.41) is 20.5. The van der Waals surface area contributed by atoms with E-state index in [0.717, 1.165) is 29.7 Å². The van der Waals surface area contributed by atoms with Gasteiger partial charge in [-0.05, 0) is 30.5 Å². The third-order valence-corrected chi connectivity index (χ3v) is 4.38. The molecule has 1 aromatic carbocycles. The number of carbonyl (C=O) groups is 2. The van der Waals surface area contributed by atoms with Gasteiger partial charge in [-0.3, -0.25) is 14.5 Å². The van der Waals surface area contributed by atoms with Gasteiger partial charge in [0.05, 0.1) is 18.4 Å². The highest BCUT2D eigenvalue weighted by atomic mass is 16.2. The number of benzene rings is 1. The van der Waals surface area contributed by atoms with E-state index in [4.69, 9.17) is 10.5 Å². The Morgan fingerprint density at radius 2 is 1.88 bits per heavy atom. The second kappa shape index (κ2) is 8.12. The second-order valence-corrected chi connectivity index (χ2v) is 6.00. The zero-order valence-corrected chi connectivity index (χ0v) is 13.7. The molecule has 0 saturated heterocycles. The predicted molar refractivity (Wildman–Crippen MR) is 87.4 cm³/mol.